The van der Waals surface area contributed by atoms with Crippen LogP contribution in [0, 0.1) is 11.3 Å². The second kappa shape index (κ2) is 10.8. The lowest BCUT2D eigenvalue weighted by molar-refractivity contribution is 0.262. The minimum Gasteiger partial charge on any atom is -0.346 e. The molecule has 0 spiro atoms. The number of hydrogen-bond acceptors (Lipinski definition) is 5. The summed E-state index contributed by atoms with van der Waals surface area (Å²) in [6, 6.07) is 36.5. The number of nitriles is 1. The standard InChI is InChI=1S/C32H23N7O/c33-19-25-26(24-15-14-21-8-4-5-11-23(21)18-24)20-34-31(25)35-28-12-6-7-13-29(28)36-32(40)37-30-17-16-27(38-39-30)22-9-2-1-3-10-22/h1-18,20,34-35H,(H2,36,37,39,40). The average molecular weight is 522 g/mol. The number of fused-ring (bicyclic) bond motifs is 1. The molecule has 0 atom stereocenters. The number of aromatic nitrogens is 3. The van der Waals surface area contributed by atoms with E-state index >= 15 is 0 Å². The lowest BCUT2D eigenvalue weighted by Crippen LogP contribution is -2.21. The van der Waals surface area contributed by atoms with E-state index in [1.54, 1.807) is 18.2 Å². The van der Waals surface area contributed by atoms with Crippen LogP contribution in [0.25, 0.3) is 33.2 Å². The number of hydrogen-bond donors (Lipinski definition) is 4. The number of nitrogens with zero attached hydrogens (tertiary/aromatic N) is 3. The topological polar surface area (TPSA) is 119 Å². The quantitative estimate of drug-likeness (QED) is 0.180. The molecule has 40 heavy (non-hydrogen) atoms. The maximum Gasteiger partial charge on any atom is 0.324 e. The van der Waals surface area contributed by atoms with E-state index in [0.29, 0.717) is 34.3 Å². The first-order valence-electron chi connectivity index (χ1n) is 12.6. The Kier molecular flexibility index (Phi) is 6.60. The Balaban J connectivity index is 1.19. The van der Waals surface area contributed by atoms with Crippen LogP contribution in [-0.2, 0) is 0 Å². The summed E-state index contributed by atoms with van der Waals surface area (Å²) in [6.45, 7) is 0. The number of amides is 2. The van der Waals surface area contributed by atoms with Gasteiger partial charge in [0, 0.05) is 17.3 Å². The second-order valence-corrected chi connectivity index (χ2v) is 9.05. The minimum absolute atomic E-state index is 0.318. The lowest BCUT2D eigenvalue weighted by Gasteiger charge is -2.13. The molecule has 192 valence electrons. The molecule has 8 nitrogen and oxygen atoms in total. The van der Waals surface area contributed by atoms with Crippen LogP contribution >= 0.6 is 0 Å². The van der Waals surface area contributed by atoms with Crippen molar-refractivity contribution in [2.75, 3.05) is 16.0 Å². The summed E-state index contributed by atoms with van der Waals surface area (Å²) in [5.41, 5.74) is 5.00. The molecule has 4 aromatic carbocycles. The number of aromatic amines is 1. The van der Waals surface area contributed by atoms with Crippen LogP contribution in [-0.4, -0.2) is 21.2 Å². The number of carbonyl (C=O) groups is 1. The Hall–Kier alpha value is -5.94. The highest BCUT2D eigenvalue weighted by Crippen LogP contribution is 2.34. The van der Waals surface area contributed by atoms with E-state index in [4.69, 9.17) is 0 Å². The van der Waals surface area contributed by atoms with Gasteiger partial charge in [-0.15, -0.1) is 10.2 Å². The molecule has 0 radical (unpaired) electrons. The summed E-state index contributed by atoms with van der Waals surface area (Å²) >= 11 is 0. The molecule has 2 heterocycles. The number of urea groups is 1. The molecule has 6 rings (SSSR count). The van der Waals surface area contributed by atoms with E-state index < -0.39 is 6.03 Å². The van der Waals surface area contributed by atoms with Crippen molar-refractivity contribution in [2.45, 2.75) is 0 Å². The van der Waals surface area contributed by atoms with Gasteiger partial charge in [0.25, 0.3) is 0 Å². The van der Waals surface area contributed by atoms with Crippen molar-refractivity contribution in [3.63, 3.8) is 0 Å². The van der Waals surface area contributed by atoms with Gasteiger partial charge in [-0.3, -0.25) is 5.32 Å². The van der Waals surface area contributed by atoms with Crippen LogP contribution in [0.1, 0.15) is 5.56 Å². The zero-order valence-electron chi connectivity index (χ0n) is 21.2. The number of para-hydroxylation sites is 2. The van der Waals surface area contributed by atoms with Crippen molar-refractivity contribution >= 4 is 39.8 Å². The van der Waals surface area contributed by atoms with E-state index in [2.05, 4.69) is 49.3 Å². The zero-order valence-corrected chi connectivity index (χ0v) is 21.2. The largest absolute Gasteiger partial charge is 0.346 e. The molecule has 0 saturated heterocycles. The van der Waals surface area contributed by atoms with E-state index in [1.807, 2.05) is 85.1 Å². The van der Waals surface area contributed by atoms with Crippen molar-refractivity contribution in [2.24, 2.45) is 0 Å². The first kappa shape index (κ1) is 24.4. The molecule has 0 aliphatic rings. The van der Waals surface area contributed by atoms with Crippen LogP contribution in [0.4, 0.5) is 27.8 Å². The van der Waals surface area contributed by atoms with Gasteiger partial charge in [-0.25, -0.2) is 4.79 Å². The predicted molar refractivity (Wildman–Crippen MR) is 158 cm³/mol. The number of rotatable bonds is 6. The highest BCUT2D eigenvalue weighted by Gasteiger charge is 2.15. The number of anilines is 4. The third-order valence-electron chi connectivity index (χ3n) is 6.46. The Morgan fingerprint density at radius 2 is 1.48 bits per heavy atom. The van der Waals surface area contributed by atoms with E-state index in [0.717, 1.165) is 27.5 Å². The summed E-state index contributed by atoms with van der Waals surface area (Å²) in [5.74, 6) is 0.849. The molecular formula is C32H23N7O. The molecule has 2 amide bonds. The molecule has 0 aliphatic heterocycles. The van der Waals surface area contributed by atoms with Gasteiger partial charge < -0.3 is 15.6 Å². The highest BCUT2D eigenvalue weighted by atomic mass is 16.2. The van der Waals surface area contributed by atoms with Crippen molar-refractivity contribution in [3.05, 3.63) is 121 Å². The van der Waals surface area contributed by atoms with Gasteiger partial charge in [0.05, 0.1) is 17.1 Å². The fourth-order valence-corrected chi connectivity index (χ4v) is 4.49. The Bertz CT molecular complexity index is 1860. The Morgan fingerprint density at radius 3 is 2.25 bits per heavy atom. The molecule has 8 heteroatoms. The SMILES string of the molecule is N#Cc1c(-c2ccc3ccccc3c2)c[nH]c1Nc1ccccc1NC(=O)Nc1ccc(-c2ccccc2)nn1. The molecular weight excluding hydrogens is 498 g/mol. The summed E-state index contributed by atoms with van der Waals surface area (Å²) < 4.78 is 0. The summed E-state index contributed by atoms with van der Waals surface area (Å²) in [4.78, 5) is 16.0. The first-order chi connectivity index (χ1) is 19.7. The van der Waals surface area contributed by atoms with Crippen LogP contribution < -0.4 is 16.0 Å². The van der Waals surface area contributed by atoms with Gasteiger partial charge in [-0.1, -0.05) is 78.9 Å². The number of H-pyrrole nitrogens is 1. The van der Waals surface area contributed by atoms with Crippen molar-refractivity contribution in [1.82, 2.24) is 15.2 Å². The molecule has 0 aliphatic carbocycles. The third-order valence-corrected chi connectivity index (χ3v) is 6.46. The highest BCUT2D eigenvalue weighted by molar-refractivity contribution is 6.01. The average Bonchev–Trinajstić information content (AvgIpc) is 3.41. The van der Waals surface area contributed by atoms with Crippen molar-refractivity contribution in [3.8, 4) is 28.5 Å². The zero-order chi connectivity index (χ0) is 27.3. The summed E-state index contributed by atoms with van der Waals surface area (Å²) in [7, 11) is 0. The molecule has 0 bridgehead atoms. The first-order valence-corrected chi connectivity index (χ1v) is 12.6. The van der Waals surface area contributed by atoms with Gasteiger partial charge >= 0.3 is 6.03 Å². The van der Waals surface area contributed by atoms with Crippen LogP contribution in [0.15, 0.2) is 115 Å². The van der Waals surface area contributed by atoms with Gasteiger partial charge in [0.2, 0.25) is 0 Å². The monoisotopic (exact) mass is 521 g/mol. The Morgan fingerprint density at radius 1 is 0.725 bits per heavy atom. The van der Waals surface area contributed by atoms with Crippen molar-refractivity contribution < 1.29 is 4.79 Å². The van der Waals surface area contributed by atoms with Crippen LogP contribution in [0.2, 0.25) is 0 Å². The predicted octanol–water partition coefficient (Wildman–Crippen LogP) is 7.55. The molecule has 0 fully saturated rings. The van der Waals surface area contributed by atoms with Gasteiger partial charge in [0.15, 0.2) is 5.82 Å². The lowest BCUT2D eigenvalue weighted by atomic mass is 10.0. The van der Waals surface area contributed by atoms with Crippen LogP contribution in [0.3, 0.4) is 0 Å². The van der Waals surface area contributed by atoms with Crippen LogP contribution in [0.5, 0.6) is 0 Å². The maximum absolute atomic E-state index is 12.8. The van der Waals surface area contributed by atoms with Crippen molar-refractivity contribution in [1.29, 1.82) is 5.26 Å². The Labute approximate surface area is 230 Å². The smallest absolute Gasteiger partial charge is 0.324 e. The summed E-state index contributed by atoms with van der Waals surface area (Å²) in [6.07, 6.45) is 1.81. The van der Waals surface area contributed by atoms with E-state index in [-0.39, 0.29) is 0 Å². The number of benzene rings is 4. The molecule has 4 N–H and O–H groups in total. The van der Waals surface area contributed by atoms with Gasteiger partial charge in [-0.2, -0.15) is 5.26 Å². The van der Waals surface area contributed by atoms with Gasteiger partial charge in [-0.05, 0) is 46.7 Å². The number of nitrogens with one attached hydrogen (secondary N) is 4. The van der Waals surface area contributed by atoms with Gasteiger partial charge in [0.1, 0.15) is 17.5 Å². The molecule has 0 saturated carbocycles. The fourth-order valence-electron chi connectivity index (χ4n) is 4.49. The van der Waals surface area contributed by atoms with E-state index in [1.165, 1.54) is 0 Å². The molecule has 6 aromatic rings. The summed E-state index contributed by atoms with van der Waals surface area (Å²) in [5, 5.41) is 29.4. The minimum atomic E-state index is -0.472. The molecule has 2 aromatic heterocycles. The molecule has 0 unspecified atom stereocenters. The third kappa shape index (κ3) is 5.08. The normalized spacial score (nSPS) is 10.6. The van der Waals surface area contributed by atoms with E-state index in [9.17, 15) is 10.1 Å². The number of carbonyl (C=O) groups excluding carboxylic acids is 1. The second-order valence-electron chi connectivity index (χ2n) is 9.05. The fraction of sp³-hybridized carbons (Fsp3) is 0. The maximum atomic E-state index is 12.8.